The summed E-state index contributed by atoms with van der Waals surface area (Å²) >= 11 is 0. The summed E-state index contributed by atoms with van der Waals surface area (Å²) < 4.78 is 0. The molecule has 1 aliphatic rings. The third kappa shape index (κ3) is 7.01. The fraction of sp³-hybridized carbons (Fsp3) is 0.632. The molecule has 25 heavy (non-hydrogen) atoms. The van der Waals surface area contributed by atoms with E-state index >= 15 is 0 Å². The van der Waals surface area contributed by atoms with Crippen molar-refractivity contribution in [3.05, 3.63) is 29.8 Å². The van der Waals surface area contributed by atoms with Crippen LogP contribution in [0.25, 0.3) is 0 Å². The van der Waals surface area contributed by atoms with Gasteiger partial charge in [0.1, 0.15) is 5.75 Å². The molecule has 1 fully saturated rings. The third-order valence-electron chi connectivity index (χ3n) is 4.62. The number of nitrogens with zero attached hydrogens (tertiary/aromatic N) is 2. The molecule has 0 spiro atoms. The fourth-order valence-corrected chi connectivity index (χ4v) is 3.12. The summed E-state index contributed by atoms with van der Waals surface area (Å²) in [7, 11) is 0. The standard InChI is InChI=1S/C19H32N4O.HI/c1-5-20-19(21-10-9-16-7-6-8-17(24)11-16)22-18-13-23(14(2)3)12-15(18)4;/h6-8,11,14-15,18,24H,5,9-10,12-13H2,1-4H3,(H2,20,21,22);1H. The van der Waals surface area contributed by atoms with Crippen molar-refractivity contribution in [3.8, 4) is 5.75 Å². The molecule has 5 nitrogen and oxygen atoms in total. The van der Waals surface area contributed by atoms with E-state index in [2.05, 4.69) is 43.2 Å². The van der Waals surface area contributed by atoms with E-state index in [1.807, 2.05) is 12.1 Å². The smallest absolute Gasteiger partial charge is 0.191 e. The Morgan fingerprint density at radius 1 is 1.36 bits per heavy atom. The highest BCUT2D eigenvalue weighted by Crippen LogP contribution is 2.18. The fourth-order valence-electron chi connectivity index (χ4n) is 3.12. The quantitative estimate of drug-likeness (QED) is 0.347. The maximum atomic E-state index is 9.53. The summed E-state index contributed by atoms with van der Waals surface area (Å²) in [6.45, 7) is 12.7. The second-order valence-corrected chi connectivity index (χ2v) is 6.96. The molecule has 0 aromatic heterocycles. The molecule has 1 aromatic carbocycles. The van der Waals surface area contributed by atoms with Gasteiger partial charge in [0.25, 0.3) is 0 Å². The Balaban J connectivity index is 0.00000312. The Kier molecular flexibility index (Phi) is 9.56. The topological polar surface area (TPSA) is 59.9 Å². The normalized spacial score (nSPS) is 21.2. The Morgan fingerprint density at radius 2 is 2.12 bits per heavy atom. The van der Waals surface area contributed by atoms with E-state index in [9.17, 15) is 5.11 Å². The monoisotopic (exact) mass is 460 g/mol. The zero-order chi connectivity index (χ0) is 17.5. The van der Waals surface area contributed by atoms with Crippen molar-refractivity contribution in [1.29, 1.82) is 0 Å². The summed E-state index contributed by atoms with van der Waals surface area (Å²) in [5.41, 5.74) is 1.11. The first-order valence-electron chi connectivity index (χ1n) is 9.06. The van der Waals surface area contributed by atoms with Crippen molar-refractivity contribution >= 4 is 29.9 Å². The van der Waals surface area contributed by atoms with E-state index < -0.39 is 0 Å². The van der Waals surface area contributed by atoms with Crippen molar-refractivity contribution in [1.82, 2.24) is 15.5 Å². The minimum Gasteiger partial charge on any atom is -0.508 e. The van der Waals surface area contributed by atoms with Gasteiger partial charge >= 0.3 is 0 Å². The van der Waals surface area contributed by atoms with Crippen LogP contribution in [0.3, 0.4) is 0 Å². The van der Waals surface area contributed by atoms with E-state index in [1.54, 1.807) is 12.1 Å². The SMILES string of the molecule is CCNC(=NCCc1cccc(O)c1)NC1CN(C(C)C)CC1C.I. The molecule has 1 heterocycles. The largest absolute Gasteiger partial charge is 0.508 e. The molecule has 0 bridgehead atoms. The predicted octanol–water partition coefficient (Wildman–Crippen LogP) is 2.84. The second kappa shape index (κ2) is 10.9. The van der Waals surface area contributed by atoms with Gasteiger partial charge < -0.3 is 15.7 Å². The van der Waals surface area contributed by atoms with Gasteiger partial charge in [0.2, 0.25) is 0 Å². The van der Waals surface area contributed by atoms with Crippen molar-refractivity contribution in [2.75, 3.05) is 26.2 Å². The lowest BCUT2D eigenvalue weighted by Crippen LogP contribution is -2.46. The van der Waals surface area contributed by atoms with Gasteiger partial charge in [0.05, 0.1) is 0 Å². The molecule has 3 N–H and O–H groups in total. The average Bonchev–Trinajstić information content (AvgIpc) is 2.89. The van der Waals surface area contributed by atoms with E-state index in [4.69, 9.17) is 4.99 Å². The van der Waals surface area contributed by atoms with Gasteiger partial charge in [-0.15, -0.1) is 24.0 Å². The maximum absolute atomic E-state index is 9.53. The minimum atomic E-state index is 0. The lowest BCUT2D eigenvalue weighted by Gasteiger charge is -2.22. The van der Waals surface area contributed by atoms with Crippen LogP contribution in [-0.2, 0) is 6.42 Å². The number of nitrogens with one attached hydrogen (secondary N) is 2. The molecule has 0 aliphatic carbocycles. The van der Waals surface area contributed by atoms with Crippen LogP contribution < -0.4 is 10.6 Å². The first kappa shape index (κ1) is 22.0. The number of hydrogen-bond donors (Lipinski definition) is 3. The Morgan fingerprint density at radius 3 is 2.72 bits per heavy atom. The average molecular weight is 460 g/mol. The molecule has 2 rings (SSSR count). The third-order valence-corrected chi connectivity index (χ3v) is 4.62. The van der Waals surface area contributed by atoms with Gasteiger partial charge in [-0.25, -0.2) is 0 Å². The molecule has 142 valence electrons. The highest BCUT2D eigenvalue weighted by Gasteiger charge is 2.31. The van der Waals surface area contributed by atoms with Gasteiger partial charge in [-0.1, -0.05) is 19.1 Å². The van der Waals surface area contributed by atoms with Crippen LogP contribution in [0.5, 0.6) is 5.75 Å². The Bertz CT molecular complexity index is 550. The van der Waals surface area contributed by atoms with Gasteiger partial charge in [0.15, 0.2) is 5.96 Å². The van der Waals surface area contributed by atoms with Crippen molar-refractivity contribution in [2.24, 2.45) is 10.9 Å². The number of likely N-dealkylation sites (tertiary alicyclic amines) is 1. The highest BCUT2D eigenvalue weighted by molar-refractivity contribution is 14.0. The Labute approximate surface area is 169 Å². The van der Waals surface area contributed by atoms with E-state index in [0.29, 0.717) is 30.3 Å². The molecule has 1 aromatic rings. The van der Waals surface area contributed by atoms with E-state index in [-0.39, 0.29) is 24.0 Å². The number of halogens is 1. The number of aromatic hydroxyl groups is 1. The summed E-state index contributed by atoms with van der Waals surface area (Å²) in [4.78, 5) is 7.21. The summed E-state index contributed by atoms with van der Waals surface area (Å²) in [5, 5.41) is 16.5. The van der Waals surface area contributed by atoms with Gasteiger partial charge in [-0.3, -0.25) is 9.89 Å². The summed E-state index contributed by atoms with van der Waals surface area (Å²) in [5.74, 6) is 1.82. The summed E-state index contributed by atoms with van der Waals surface area (Å²) in [6.07, 6.45) is 0.823. The molecule has 1 saturated heterocycles. The molecule has 0 amide bonds. The number of rotatable bonds is 6. The van der Waals surface area contributed by atoms with Crippen molar-refractivity contribution in [3.63, 3.8) is 0 Å². The lowest BCUT2D eigenvalue weighted by molar-refractivity contribution is 0.265. The van der Waals surface area contributed by atoms with Crippen LogP contribution in [0.1, 0.15) is 33.3 Å². The molecule has 0 saturated carbocycles. The van der Waals surface area contributed by atoms with Crippen molar-refractivity contribution < 1.29 is 5.11 Å². The van der Waals surface area contributed by atoms with Gasteiger partial charge in [-0.05, 0) is 50.8 Å². The number of aliphatic imine (C=N–C) groups is 1. The number of guanidine groups is 1. The van der Waals surface area contributed by atoms with Gasteiger partial charge in [0, 0.05) is 38.3 Å². The number of benzene rings is 1. The zero-order valence-corrected chi connectivity index (χ0v) is 18.2. The lowest BCUT2D eigenvalue weighted by atomic mass is 10.1. The van der Waals surface area contributed by atoms with Crippen LogP contribution in [0.4, 0.5) is 0 Å². The molecular weight excluding hydrogens is 427 g/mol. The highest BCUT2D eigenvalue weighted by atomic mass is 127. The van der Waals surface area contributed by atoms with E-state index in [0.717, 1.165) is 37.6 Å². The first-order chi connectivity index (χ1) is 11.5. The zero-order valence-electron chi connectivity index (χ0n) is 15.8. The summed E-state index contributed by atoms with van der Waals surface area (Å²) in [6, 6.07) is 8.42. The van der Waals surface area contributed by atoms with Crippen LogP contribution in [0.15, 0.2) is 29.3 Å². The van der Waals surface area contributed by atoms with Crippen LogP contribution in [0.2, 0.25) is 0 Å². The number of phenolic OH excluding ortho intramolecular Hbond substituents is 1. The first-order valence-corrected chi connectivity index (χ1v) is 9.06. The van der Waals surface area contributed by atoms with Crippen LogP contribution in [-0.4, -0.2) is 54.2 Å². The van der Waals surface area contributed by atoms with E-state index in [1.165, 1.54) is 0 Å². The molecule has 6 heteroatoms. The Hall–Kier alpha value is -1.02. The maximum Gasteiger partial charge on any atom is 0.191 e. The molecule has 2 atom stereocenters. The van der Waals surface area contributed by atoms with Gasteiger partial charge in [-0.2, -0.15) is 0 Å². The van der Waals surface area contributed by atoms with Crippen LogP contribution >= 0.6 is 24.0 Å². The molecule has 2 unspecified atom stereocenters. The van der Waals surface area contributed by atoms with Crippen molar-refractivity contribution in [2.45, 2.75) is 46.2 Å². The molecular formula is C19H33IN4O. The predicted molar refractivity (Wildman–Crippen MR) is 116 cm³/mol. The minimum absolute atomic E-state index is 0. The molecule has 0 radical (unpaired) electrons. The number of phenols is 1. The second-order valence-electron chi connectivity index (χ2n) is 6.96. The number of hydrogen-bond acceptors (Lipinski definition) is 3. The molecule has 1 aliphatic heterocycles. The van der Waals surface area contributed by atoms with Crippen LogP contribution in [0, 0.1) is 5.92 Å².